The second kappa shape index (κ2) is 5.02. The number of hydrogen-bond donors (Lipinski definition) is 2. The molecule has 4 nitrogen and oxygen atoms in total. The zero-order valence-electron chi connectivity index (χ0n) is 12.2. The zero-order valence-corrected chi connectivity index (χ0v) is 12.2. The standard InChI is InChI=1S/C14H20BFO4/c1-13(2)8-12(14(3,4)20-13)19-11-6-5-9(16)7-10(11)15(17)18/h5-7,12,17-18H,8H2,1-4H3. The molecular formula is C14H20BFO4. The number of ether oxygens (including phenoxy) is 2. The highest BCUT2D eigenvalue weighted by atomic mass is 19.1. The van der Waals surface area contributed by atoms with Crippen molar-refractivity contribution in [2.24, 2.45) is 0 Å². The molecular weight excluding hydrogens is 262 g/mol. The van der Waals surface area contributed by atoms with E-state index in [1.807, 2.05) is 27.7 Å². The average molecular weight is 282 g/mol. The van der Waals surface area contributed by atoms with Gasteiger partial charge in [-0.3, -0.25) is 0 Å². The minimum Gasteiger partial charge on any atom is -0.488 e. The van der Waals surface area contributed by atoms with Gasteiger partial charge in [-0.15, -0.1) is 0 Å². The molecule has 0 aromatic heterocycles. The molecule has 2 rings (SSSR count). The molecule has 1 heterocycles. The van der Waals surface area contributed by atoms with Gasteiger partial charge in [0.25, 0.3) is 0 Å². The van der Waals surface area contributed by atoms with Gasteiger partial charge in [-0.2, -0.15) is 0 Å². The first-order chi connectivity index (χ1) is 9.11. The molecule has 1 aliphatic rings. The third-order valence-electron chi connectivity index (χ3n) is 3.51. The Bertz CT molecular complexity index is 502. The quantitative estimate of drug-likeness (QED) is 0.819. The van der Waals surface area contributed by atoms with Crippen LogP contribution >= 0.6 is 0 Å². The Morgan fingerprint density at radius 3 is 2.45 bits per heavy atom. The molecule has 0 bridgehead atoms. The van der Waals surface area contributed by atoms with Gasteiger partial charge in [0.15, 0.2) is 0 Å². The minimum atomic E-state index is -1.78. The molecule has 1 atom stereocenters. The Morgan fingerprint density at radius 2 is 1.95 bits per heavy atom. The zero-order chi connectivity index (χ0) is 15.1. The van der Waals surface area contributed by atoms with Crippen LogP contribution in [0.15, 0.2) is 18.2 Å². The summed E-state index contributed by atoms with van der Waals surface area (Å²) >= 11 is 0. The van der Waals surface area contributed by atoms with Crippen LogP contribution in [0.25, 0.3) is 0 Å². The van der Waals surface area contributed by atoms with Crippen molar-refractivity contribution in [1.82, 2.24) is 0 Å². The van der Waals surface area contributed by atoms with Crippen LogP contribution in [-0.4, -0.2) is 34.5 Å². The van der Waals surface area contributed by atoms with Crippen LogP contribution in [-0.2, 0) is 4.74 Å². The Morgan fingerprint density at radius 1 is 1.30 bits per heavy atom. The predicted octanol–water partition coefficient (Wildman–Crippen LogP) is 1.23. The van der Waals surface area contributed by atoms with E-state index in [0.29, 0.717) is 6.42 Å². The number of rotatable bonds is 3. The summed E-state index contributed by atoms with van der Waals surface area (Å²) < 4.78 is 25.0. The molecule has 1 saturated heterocycles. The lowest BCUT2D eigenvalue weighted by atomic mass is 9.79. The van der Waals surface area contributed by atoms with E-state index in [4.69, 9.17) is 9.47 Å². The topological polar surface area (TPSA) is 58.9 Å². The van der Waals surface area contributed by atoms with Gasteiger partial charge >= 0.3 is 7.12 Å². The summed E-state index contributed by atoms with van der Waals surface area (Å²) in [6, 6.07) is 3.70. The van der Waals surface area contributed by atoms with Gasteiger partial charge in [0.05, 0.1) is 5.60 Å². The van der Waals surface area contributed by atoms with Crippen LogP contribution in [0, 0.1) is 5.82 Å². The van der Waals surface area contributed by atoms with Crippen molar-refractivity contribution < 1.29 is 23.9 Å². The van der Waals surface area contributed by atoms with Gasteiger partial charge in [0, 0.05) is 11.9 Å². The summed E-state index contributed by atoms with van der Waals surface area (Å²) in [6.45, 7) is 7.80. The monoisotopic (exact) mass is 282 g/mol. The fraction of sp³-hybridized carbons (Fsp3) is 0.571. The molecule has 1 fully saturated rings. The number of hydrogen-bond acceptors (Lipinski definition) is 4. The van der Waals surface area contributed by atoms with Gasteiger partial charge in [-0.05, 0) is 45.9 Å². The van der Waals surface area contributed by atoms with E-state index in [2.05, 4.69) is 0 Å². The maximum atomic E-state index is 13.2. The van der Waals surface area contributed by atoms with E-state index in [9.17, 15) is 14.4 Å². The number of benzene rings is 1. The second-order valence-corrected chi connectivity index (χ2v) is 6.33. The summed E-state index contributed by atoms with van der Waals surface area (Å²) in [6.07, 6.45) is 0.415. The summed E-state index contributed by atoms with van der Waals surface area (Å²) in [5.41, 5.74) is -0.799. The highest BCUT2D eigenvalue weighted by Gasteiger charge is 2.47. The first-order valence-electron chi connectivity index (χ1n) is 6.63. The molecule has 0 saturated carbocycles. The third-order valence-corrected chi connectivity index (χ3v) is 3.51. The summed E-state index contributed by atoms with van der Waals surface area (Å²) in [4.78, 5) is 0. The van der Waals surface area contributed by atoms with Crippen molar-refractivity contribution in [3.05, 3.63) is 24.0 Å². The second-order valence-electron chi connectivity index (χ2n) is 6.33. The molecule has 110 valence electrons. The Kier molecular flexibility index (Phi) is 3.84. The van der Waals surface area contributed by atoms with Crippen molar-refractivity contribution in [2.75, 3.05) is 0 Å². The SMILES string of the molecule is CC1(C)CC(Oc2ccc(F)cc2B(O)O)C(C)(C)O1. The van der Waals surface area contributed by atoms with E-state index in [0.717, 1.165) is 6.07 Å². The Balaban J connectivity index is 2.27. The van der Waals surface area contributed by atoms with Crippen molar-refractivity contribution >= 4 is 12.6 Å². The minimum absolute atomic E-state index is 0.0190. The Labute approximate surface area is 118 Å². The maximum Gasteiger partial charge on any atom is 0.492 e. The highest BCUT2D eigenvalue weighted by Crippen LogP contribution is 2.39. The first kappa shape index (κ1) is 15.3. The maximum absolute atomic E-state index is 13.2. The summed E-state index contributed by atoms with van der Waals surface area (Å²) in [5.74, 6) is -0.275. The van der Waals surface area contributed by atoms with E-state index < -0.39 is 18.5 Å². The van der Waals surface area contributed by atoms with Crippen LogP contribution in [0.4, 0.5) is 4.39 Å². The summed E-state index contributed by atoms with van der Waals surface area (Å²) in [7, 11) is -1.78. The van der Waals surface area contributed by atoms with Crippen LogP contribution in [0.3, 0.4) is 0 Å². The van der Waals surface area contributed by atoms with Gasteiger partial charge in [0.2, 0.25) is 0 Å². The molecule has 1 aromatic rings. The van der Waals surface area contributed by atoms with E-state index in [1.165, 1.54) is 12.1 Å². The normalized spacial score (nSPS) is 23.6. The average Bonchev–Trinajstić information content (AvgIpc) is 2.48. The van der Waals surface area contributed by atoms with E-state index in [-0.39, 0.29) is 22.9 Å². The van der Waals surface area contributed by atoms with E-state index >= 15 is 0 Å². The van der Waals surface area contributed by atoms with Gasteiger partial charge in [-0.1, -0.05) is 0 Å². The van der Waals surface area contributed by atoms with Crippen LogP contribution < -0.4 is 10.2 Å². The third kappa shape index (κ3) is 3.14. The molecule has 6 heteroatoms. The fourth-order valence-electron chi connectivity index (χ4n) is 2.68. The van der Waals surface area contributed by atoms with Crippen molar-refractivity contribution in [2.45, 2.75) is 51.4 Å². The molecule has 1 aromatic carbocycles. The molecule has 0 spiro atoms. The van der Waals surface area contributed by atoms with Crippen molar-refractivity contribution in [3.63, 3.8) is 0 Å². The number of halogens is 1. The molecule has 2 N–H and O–H groups in total. The lowest BCUT2D eigenvalue weighted by Gasteiger charge is -2.28. The first-order valence-corrected chi connectivity index (χ1v) is 6.63. The highest BCUT2D eigenvalue weighted by molar-refractivity contribution is 6.59. The van der Waals surface area contributed by atoms with E-state index in [1.54, 1.807) is 0 Å². The lowest BCUT2D eigenvalue weighted by molar-refractivity contribution is -0.0845. The predicted molar refractivity (Wildman–Crippen MR) is 74.5 cm³/mol. The van der Waals surface area contributed by atoms with Crippen molar-refractivity contribution in [3.8, 4) is 5.75 Å². The molecule has 20 heavy (non-hydrogen) atoms. The molecule has 1 aliphatic heterocycles. The fourth-order valence-corrected chi connectivity index (χ4v) is 2.68. The summed E-state index contributed by atoms with van der Waals surface area (Å²) in [5, 5.41) is 18.6. The molecule has 0 amide bonds. The van der Waals surface area contributed by atoms with Crippen LogP contribution in [0.2, 0.25) is 0 Å². The molecule has 0 aliphatic carbocycles. The van der Waals surface area contributed by atoms with Gasteiger partial charge in [0.1, 0.15) is 23.3 Å². The Hall–Kier alpha value is -1.11. The van der Waals surface area contributed by atoms with Crippen LogP contribution in [0.1, 0.15) is 34.1 Å². The van der Waals surface area contributed by atoms with Crippen LogP contribution in [0.5, 0.6) is 5.75 Å². The molecule has 0 radical (unpaired) electrons. The smallest absolute Gasteiger partial charge is 0.488 e. The lowest BCUT2D eigenvalue weighted by Crippen LogP contribution is -2.39. The van der Waals surface area contributed by atoms with Gasteiger partial charge in [-0.25, -0.2) is 4.39 Å². The van der Waals surface area contributed by atoms with Gasteiger partial charge < -0.3 is 19.5 Å². The molecule has 1 unspecified atom stereocenters. The largest absolute Gasteiger partial charge is 0.492 e. The van der Waals surface area contributed by atoms with Crippen molar-refractivity contribution in [1.29, 1.82) is 0 Å².